The molecule has 0 aliphatic carbocycles. The van der Waals surface area contributed by atoms with Crippen molar-refractivity contribution in [3.8, 4) is 6.07 Å². The van der Waals surface area contributed by atoms with Gasteiger partial charge in [0.2, 0.25) is 11.8 Å². The maximum absolute atomic E-state index is 12.1. The van der Waals surface area contributed by atoms with Crippen LogP contribution in [-0.4, -0.2) is 29.8 Å². The van der Waals surface area contributed by atoms with Crippen molar-refractivity contribution in [2.75, 3.05) is 18.4 Å². The van der Waals surface area contributed by atoms with E-state index in [-0.39, 0.29) is 18.2 Å². The normalized spacial score (nSPS) is 15.3. The van der Waals surface area contributed by atoms with Crippen molar-refractivity contribution in [1.29, 1.82) is 5.26 Å². The average Bonchev–Trinajstić information content (AvgIpc) is 2.48. The molecule has 0 bridgehead atoms. The molecule has 2 rings (SSSR count). The number of piperidine rings is 1. The number of nitrogens with one attached hydrogen (secondary N) is 1. The first-order valence-electron chi connectivity index (χ1n) is 7.17. The third kappa shape index (κ3) is 4.06. The highest BCUT2D eigenvalue weighted by Gasteiger charge is 2.22. The lowest BCUT2D eigenvalue weighted by atomic mass is 9.99. The minimum Gasteiger partial charge on any atom is -0.342 e. The number of nitrogens with zero attached hydrogens (tertiary/aromatic N) is 2. The van der Waals surface area contributed by atoms with Crippen LogP contribution in [0.25, 0.3) is 0 Å². The lowest BCUT2D eigenvalue weighted by molar-refractivity contribution is -0.135. The first-order chi connectivity index (χ1) is 10.1. The molecule has 0 saturated carbocycles. The van der Waals surface area contributed by atoms with Crippen LogP contribution in [0.15, 0.2) is 24.3 Å². The van der Waals surface area contributed by atoms with Gasteiger partial charge in [0.1, 0.15) is 12.5 Å². The zero-order chi connectivity index (χ0) is 15.2. The van der Waals surface area contributed by atoms with Gasteiger partial charge in [-0.1, -0.05) is 19.1 Å². The van der Waals surface area contributed by atoms with Crippen LogP contribution in [0.1, 0.15) is 31.7 Å². The molecule has 1 fully saturated rings. The van der Waals surface area contributed by atoms with Gasteiger partial charge >= 0.3 is 0 Å². The van der Waals surface area contributed by atoms with E-state index in [2.05, 4.69) is 12.2 Å². The van der Waals surface area contributed by atoms with Gasteiger partial charge in [-0.3, -0.25) is 9.59 Å². The summed E-state index contributed by atoms with van der Waals surface area (Å²) in [6.45, 7) is 3.62. The number of amides is 2. The molecule has 1 N–H and O–H groups in total. The van der Waals surface area contributed by atoms with E-state index < -0.39 is 0 Å². The summed E-state index contributed by atoms with van der Waals surface area (Å²) in [5.41, 5.74) is 0.843. The number of nitriles is 1. The van der Waals surface area contributed by atoms with E-state index in [4.69, 9.17) is 5.26 Å². The second-order valence-corrected chi connectivity index (χ2v) is 5.45. The minimum absolute atomic E-state index is 0.145. The van der Waals surface area contributed by atoms with Gasteiger partial charge in [0.15, 0.2) is 0 Å². The molecule has 1 aliphatic heterocycles. The monoisotopic (exact) mass is 285 g/mol. The Labute approximate surface area is 124 Å². The first-order valence-corrected chi connectivity index (χ1v) is 7.17. The SMILES string of the molecule is CC1CCN(C(=O)CC(=O)Nc2ccccc2C#N)CC1. The van der Waals surface area contributed by atoms with Gasteiger partial charge in [0.05, 0.1) is 11.3 Å². The Hall–Kier alpha value is -2.35. The molecule has 1 heterocycles. The Morgan fingerprint density at radius 2 is 2.00 bits per heavy atom. The van der Waals surface area contributed by atoms with Crippen molar-refractivity contribution in [1.82, 2.24) is 4.90 Å². The summed E-state index contributed by atoms with van der Waals surface area (Å²) in [7, 11) is 0. The van der Waals surface area contributed by atoms with Crippen LogP contribution in [0.5, 0.6) is 0 Å². The van der Waals surface area contributed by atoms with Crippen LogP contribution in [-0.2, 0) is 9.59 Å². The molecular formula is C16H19N3O2. The Morgan fingerprint density at radius 3 is 2.67 bits per heavy atom. The molecule has 2 amide bonds. The zero-order valence-corrected chi connectivity index (χ0v) is 12.1. The highest BCUT2D eigenvalue weighted by Crippen LogP contribution is 2.17. The van der Waals surface area contributed by atoms with Crippen molar-refractivity contribution in [3.05, 3.63) is 29.8 Å². The number of para-hydroxylation sites is 1. The predicted octanol–water partition coefficient (Wildman–Crippen LogP) is 2.15. The van der Waals surface area contributed by atoms with Crippen molar-refractivity contribution < 1.29 is 9.59 Å². The second-order valence-electron chi connectivity index (χ2n) is 5.45. The second kappa shape index (κ2) is 6.89. The number of carbonyl (C=O) groups excluding carboxylic acids is 2. The van der Waals surface area contributed by atoms with Crippen LogP contribution < -0.4 is 5.32 Å². The highest BCUT2D eigenvalue weighted by atomic mass is 16.2. The van der Waals surface area contributed by atoms with E-state index in [0.717, 1.165) is 25.9 Å². The number of hydrogen-bond donors (Lipinski definition) is 1. The number of likely N-dealkylation sites (tertiary alicyclic amines) is 1. The number of carbonyl (C=O) groups is 2. The van der Waals surface area contributed by atoms with Crippen molar-refractivity contribution >= 4 is 17.5 Å². The fourth-order valence-electron chi connectivity index (χ4n) is 2.39. The van der Waals surface area contributed by atoms with E-state index in [1.54, 1.807) is 29.2 Å². The predicted molar refractivity (Wildman–Crippen MR) is 79.4 cm³/mol. The molecule has 1 aromatic rings. The zero-order valence-electron chi connectivity index (χ0n) is 12.1. The van der Waals surface area contributed by atoms with Crippen molar-refractivity contribution in [2.24, 2.45) is 5.92 Å². The Kier molecular flexibility index (Phi) is 4.94. The van der Waals surface area contributed by atoms with E-state index in [0.29, 0.717) is 17.2 Å². The standard InChI is InChI=1S/C16H19N3O2/c1-12-6-8-19(9-7-12)16(21)10-15(20)18-14-5-3-2-4-13(14)11-17/h2-5,12H,6-10H2,1H3,(H,18,20). The Morgan fingerprint density at radius 1 is 1.33 bits per heavy atom. The molecule has 0 radical (unpaired) electrons. The molecule has 1 aliphatic rings. The van der Waals surface area contributed by atoms with Gasteiger partial charge in [-0.25, -0.2) is 0 Å². The van der Waals surface area contributed by atoms with E-state index in [1.165, 1.54) is 0 Å². The van der Waals surface area contributed by atoms with Gasteiger partial charge < -0.3 is 10.2 Å². The summed E-state index contributed by atoms with van der Waals surface area (Å²) in [5, 5.41) is 11.6. The molecule has 1 aromatic carbocycles. The molecule has 0 atom stereocenters. The van der Waals surface area contributed by atoms with Crippen LogP contribution >= 0.6 is 0 Å². The molecule has 110 valence electrons. The average molecular weight is 285 g/mol. The molecule has 0 unspecified atom stereocenters. The lowest BCUT2D eigenvalue weighted by Crippen LogP contribution is -2.39. The smallest absolute Gasteiger partial charge is 0.233 e. The third-order valence-electron chi connectivity index (χ3n) is 3.77. The molecule has 1 saturated heterocycles. The minimum atomic E-state index is -0.374. The molecule has 5 heteroatoms. The van der Waals surface area contributed by atoms with Crippen LogP contribution in [0.2, 0.25) is 0 Å². The molecule has 21 heavy (non-hydrogen) atoms. The van der Waals surface area contributed by atoms with Crippen LogP contribution in [0.3, 0.4) is 0 Å². The maximum atomic E-state index is 12.1. The Balaban J connectivity index is 1.90. The number of hydrogen-bond acceptors (Lipinski definition) is 3. The van der Waals surface area contributed by atoms with Gasteiger partial charge in [0.25, 0.3) is 0 Å². The van der Waals surface area contributed by atoms with Crippen molar-refractivity contribution in [2.45, 2.75) is 26.2 Å². The largest absolute Gasteiger partial charge is 0.342 e. The first kappa shape index (κ1) is 15.0. The number of rotatable bonds is 3. The topological polar surface area (TPSA) is 73.2 Å². The van der Waals surface area contributed by atoms with E-state index in [9.17, 15) is 9.59 Å². The maximum Gasteiger partial charge on any atom is 0.233 e. The summed E-state index contributed by atoms with van der Waals surface area (Å²) in [6.07, 6.45) is 1.81. The summed E-state index contributed by atoms with van der Waals surface area (Å²) in [5.74, 6) is 0.126. The third-order valence-corrected chi connectivity index (χ3v) is 3.77. The van der Waals surface area contributed by atoms with Crippen LogP contribution in [0, 0.1) is 17.2 Å². The van der Waals surface area contributed by atoms with Crippen LogP contribution in [0.4, 0.5) is 5.69 Å². The van der Waals surface area contributed by atoms with Gasteiger partial charge in [-0.05, 0) is 30.9 Å². The van der Waals surface area contributed by atoms with Gasteiger partial charge in [0, 0.05) is 13.1 Å². The van der Waals surface area contributed by atoms with Gasteiger partial charge in [-0.2, -0.15) is 5.26 Å². The molecule has 0 spiro atoms. The number of anilines is 1. The van der Waals surface area contributed by atoms with Crippen molar-refractivity contribution in [3.63, 3.8) is 0 Å². The van der Waals surface area contributed by atoms with E-state index >= 15 is 0 Å². The molecule has 5 nitrogen and oxygen atoms in total. The Bertz CT molecular complexity index is 569. The summed E-state index contributed by atoms with van der Waals surface area (Å²) in [6, 6.07) is 8.77. The van der Waals surface area contributed by atoms with Gasteiger partial charge in [-0.15, -0.1) is 0 Å². The lowest BCUT2D eigenvalue weighted by Gasteiger charge is -2.30. The number of benzene rings is 1. The molecule has 0 aromatic heterocycles. The highest BCUT2D eigenvalue weighted by molar-refractivity contribution is 6.04. The quantitative estimate of drug-likeness (QED) is 0.865. The fourth-order valence-corrected chi connectivity index (χ4v) is 2.39. The summed E-state index contributed by atoms with van der Waals surface area (Å²) < 4.78 is 0. The summed E-state index contributed by atoms with van der Waals surface area (Å²) >= 11 is 0. The van der Waals surface area contributed by atoms with E-state index in [1.807, 2.05) is 6.07 Å². The fraction of sp³-hybridized carbons (Fsp3) is 0.438. The molecular weight excluding hydrogens is 266 g/mol. The summed E-state index contributed by atoms with van der Waals surface area (Å²) in [4.78, 5) is 25.7.